The van der Waals surface area contributed by atoms with Gasteiger partial charge in [0.05, 0.1) is 11.8 Å². The zero-order valence-corrected chi connectivity index (χ0v) is 19.8. The van der Waals surface area contributed by atoms with Gasteiger partial charge in [-0.05, 0) is 56.6 Å². The number of pyridine rings is 1. The number of nitrogen functional groups attached to an aromatic ring is 1. The molecule has 7 nitrogen and oxygen atoms in total. The van der Waals surface area contributed by atoms with E-state index < -0.39 is 12.1 Å². The SMILES string of the molecule is CCC(C)n1nc(-c2cnc(N)c(OC(F)(F)F)c2)cc1C1C2CC(N3CCC(OC)C3)CC21. The predicted octanol–water partition coefficient (Wildman–Crippen LogP) is 4.61. The van der Waals surface area contributed by atoms with Gasteiger partial charge in [0.2, 0.25) is 0 Å². The van der Waals surface area contributed by atoms with E-state index in [1.165, 1.54) is 30.8 Å². The van der Waals surface area contributed by atoms with E-state index in [1.54, 1.807) is 7.11 Å². The summed E-state index contributed by atoms with van der Waals surface area (Å²) < 4.78 is 50.0. The third-order valence-corrected chi connectivity index (χ3v) is 7.96. The van der Waals surface area contributed by atoms with Crippen molar-refractivity contribution < 1.29 is 22.6 Å². The second-order valence-electron chi connectivity index (χ2n) is 9.93. The molecule has 34 heavy (non-hydrogen) atoms. The van der Waals surface area contributed by atoms with E-state index in [0.717, 1.165) is 25.9 Å². The number of nitrogens with zero attached hydrogens (tertiary/aromatic N) is 4. The molecule has 3 fully saturated rings. The fourth-order valence-electron chi connectivity index (χ4n) is 5.95. The molecular weight excluding hydrogens is 447 g/mol. The Labute approximate surface area is 197 Å². The molecule has 0 amide bonds. The number of halogens is 3. The summed E-state index contributed by atoms with van der Waals surface area (Å²) in [6, 6.07) is 4.10. The quantitative estimate of drug-likeness (QED) is 0.625. The van der Waals surface area contributed by atoms with Crippen LogP contribution < -0.4 is 10.5 Å². The van der Waals surface area contributed by atoms with Crippen molar-refractivity contribution in [3.63, 3.8) is 0 Å². The van der Waals surface area contributed by atoms with Gasteiger partial charge in [-0.15, -0.1) is 13.2 Å². The molecular formula is C24H32F3N5O2. The Balaban J connectivity index is 1.36. The van der Waals surface area contributed by atoms with Crippen LogP contribution in [0.4, 0.5) is 19.0 Å². The average molecular weight is 480 g/mol. The average Bonchev–Trinajstić information content (AvgIpc) is 3.27. The van der Waals surface area contributed by atoms with Crippen LogP contribution in [0.25, 0.3) is 11.3 Å². The van der Waals surface area contributed by atoms with E-state index in [0.29, 0.717) is 41.2 Å². The van der Waals surface area contributed by atoms with Gasteiger partial charge < -0.3 is 15.2 Å². The van der Waals surface area contributed by atoms with Crippen LogP contribution in [-0.2, 0) is 4.74 Å². The summed E-state index contributed by atoms with van der Waals surface area (Å²) in [6.07, 6.45) is 1.34. The molecule has 2 N–H and O–H groups in total. The smallest absolute Gasteiger partial charge is 0.402 e. The van der Waals surface area contributed by atoms with Crippen molar-refractivity contribution >= 4 is 5.82 Å². The number of aromatic nitrogens is 3. The normalized spacial score (nSPS) is 29.9. The molecule has 186 valence electrons. The topological polar surface area (TPSA) is 78.4 Å². The molecule has 3 heterocycles. The Morgan fingerprint density at radius 1 is 1.24 bits per heavy atom. The largest absolute Gasteiger partial charge is 0.573 e. The van der Waals surface area contributed by atoms with Crippen LogP contribution in [0, 0.1) is 11.8 Å². The summed E-state index contributed by atoms with van der Waals surface area (Å²) in [6.45, 7) is 6.36. The molecule has 1 aliphatic heterocycles. The number of ether oxygens (including phenoxy) is 2. The van der Waals surface area contributed by atoms with Crippen LogP contribution in [0.15, 0.2) is 18.3 Å². The van der Waals surface area contributed by atoms with Crippen LogP contribution in [0.1, 0.15) is 57.2 Å². The molecule has 1 saturated heterocycles. The second-order valence-corrected chi connectivity index (χ2v) is 9.93. The monoisotopic (exact) mass is 479 g/mol. The number of nitrogens with two attached hydrogens (primary N) is 1. The highest BCUT2D eigenvalue weighted by molar-refractivity contribution is 5.64. The lowest BCUT2D eigenvalue weighted by atomic mass is 10.0. The number of methoxy groups -OCH3 is 1. The van der Waals surface area contributed by atoms with Gasteiger partial charge in [-0.3, -0.25) is 9.58 Å². The minimum Gasteiger partial charge on any atom is -0.402 e. The molecule has 2 aromatic rings. The summed E-state index contributed by atoms with van der Waals surface area (Å²) in [5, 5.41) is 4.80. The summed E-state index contributed by atoms with van der Waals surface area (Å²) in [5.41, 5.74) is 7.84. The van der Waals surface area contributed by atoms with Gasteiger partial charge in [0.15, 0.2) is 11.6 Å². The third-order valence-electron chi connectivity index (χ3n) is 7.96. The molecule has 2 aliphatic carbocycles. The van der Waals surface area contributed by atoms with Gasteiger partial charge in [0, 0.05) is 55.7 Å². The van der Waals surface area contributed by atoms with Crippen molar-refractivity contribution in [3.05, 3.63) is 24.0 Å². The maximum absolute atomic E-state index is 12.8. The van der Waals surface area contributed by atoms with Crippen LogP contribution >= 0.6 is 0 Å². The van der Waals surface area contributed by atoms with Crippen molar-refractivity contribution in [2.24, 2.45) is 11.8 Å². The van der Waals surface area contributed by atoms with Crippen molar-refractivity contribution in [3.8, 4) is 17.0 Å². The summed E-state index contributed by atoms with van der Waals surface area (Å²) >= 11 is 0. The van der Waals surface area contributed by atoms with Crippen molar-refractivity contribution in [1.29, 1.82) is 0 Å². The lowest BCUT2D eigenvalue weighted by molar-refractivity contribution is -0.274. The summed E-state index contributed by atoms with van der Waals surface area (Å²) in [5.74, 6) is 0.902. The van der Waals surface area contributed by atoms with E-state index in [9.17, 15) is 13.2 Å². The zero-order valence-electron chi connectivity index (χ0n) is 19.8. The lowest BCUT2D eigenvalue weighted by Crippen LogP contribution is -2.33. The molecule has 0 radical (unpaired) electrons. The fourth-order valence-corrected chi connectivity index (χ4v) is 5.95. The Morgan fingerprint density at radius 3 is 2.59 bits per heavy atom. The number of likely N-dealkylation sites (tertiary alicyclic amines) is 1. The highest BCUT2D eigenvalue weighted by Crippen LogP contribution is 2.64. The Hall–Kier alpha value is -2.33. The van der Waals surface area contributed by atoms with Gasteiger partial charge >= 0.3 is 6.36 Å². The van der Waals surface area contributed by atoms with Gasteiger partial charge in [0.25, 0.3) is 0 Å². The molecule has 0 aromatic carbocycles. The van der Waals surface area contributed by atoms with Gasteiger partial charge in [-0.25, -0.2) is 4.98 Å². The molecule has 10 heteroatoms. The van der Waals surface area contributed by atoms with Crippen LogP contribution in [0.5, 0.6) is 5.75 Å². The first-order valence-electron chi connectivity index (χ1n) is 12.1. The molecule has 4 atom stereocenters. The van der Waals surface area contributed by atoms with E-state index >= 15 is 0 Å². The Bertz CT molecular complexity index is 1030. The molecule has 4 unspecified atom stereocenters. The highest BCUT2D eigenvalue weighted by Gasteiger charge is 2.59. The lowest BCUT2D eigenvalue weighted by Gasteiger charge is -2.26. The van der Waals surface area contributed by atoms with E-state index in [4.69, 9.17) is 15.6 Å². The van der Waals surface area contributed by atoms with Crippen molar-refractivity contribution in [2.75, 3.05) is 25.9 Å². The summed E-state index contributed by atoms with van der Waals surface area (Å²) in [7, 11) is 1.79. The number of hydrogen-bond donors (Lipinski definition) is 1. The minimum atomic E-state index is -4.84. The number of alkyl halides is 3. The van der Waals surface area contributed by atoms with Gasteiger partial charge in [0.1, 0.15) is 0 Å². The third kappa shape index (κ3) is 4.37. The first kappa shape index (κ1) is 23.4. The molecule has 0 spiro atoms. The Kier molecular flexibility index (Phi) is 6.00. The molecule has 5 rings (SSSR count). The number of hydrogen-bond acceptors (Lipinski definition) is 6. The minimum absolute atomic E-state index is 0.189. The standard InChI is InChI=1S/C24H32F3N5O2/c1-4-13(2)32-20(22-17-8-15(9-18(17)22)31-6-5-16(12-31)33-3)10-19(30-32)14-7-21(23(28)29-11-14)34-24(25,26)27/h7,10-11,13,15-18,22H,4-6,8-9,12H2,1-3H3,(H2,28,29). The number of anilines is 1. The number of fused-ring (bicyclic) bond motifs is 1. The fraction of sp³-hybridized carbons (Fsp3) is 0.667. The molecule has 2 saturated carbocycles. The summed E-state index contributed by atoms with van der Waals surface area (Å²) in [4.78, 5) is 6.50. The van der Waals surface area contributed by atoms with Crippen LogP contribution in [-0.4, -0.2) is 58.4 Å². The zero-order chi connectivity index (χ0) is 24.2. The highest BCUT2D eigenvalue weighted by atomic mass is 19.4. The van der Waals surface area contributed by atoms with Gasteiger partial charge in [-0.2, -0.15) is 5.10 Å². The molecule has 2 aromatic heterocycles. The van der Waals surface area contributed by atoms with Gasteiger partial charge in [-0.1, -0.05) is 6.92 Å². The molecule has 3 aliphatic rings. The van der Waals surface area contributed by atoms with E-state index in [1.807, 2.05) is 6.07 Å². The van der Waals surface area contributed by atoms with Crippen molar-refractivity contribution in [1.82, 2.24) is 19.7 Å². The first-order chi connectivity index (χ1) is 16.2. The number of rotatable bonds is 7. The predicted molar refractivity (Wildman–Crippen MR) is 121 cm³/mol. The second kappa shape index (κ2) is 8.71. The first-order valence-corrected chi connectivity index (χ1v) is 12.1. The van der Waals surface area contributed by atoms with Crippen LogP contribution in [0.2, 0.25) is 0 Å². The van der Waals surface area contributed by atoms with Crippen LogP contribution in [0.3, 0.4) is 0 Å². The maximum atomic E-state index is 12.8. The van der Waals surface area contributed by atoms with E-state index in [-0.39, 0.29) is 11.9 Å². The maximum Gasteiger partial charge on any atom is 0.573 e. The Morgan fingerprint density at radius 2 is 1.97 bits per heavy atom. The van der Waals surface area contributed by atoms with Crippen molar-refractivity contribution in [2.45, 2.75) is 70.0 Å². The van der Waals surface area contributed by atoms with E-state index in [2.05, 4.69) is 33.2 Å². The molecule has 0 bridgehead atoms.